The molecule has 2 aromatic rings. The van der Waals surface area contributed by atoms with Crippen LogP contribution in [0.2, 0.25) is 5.02 Å². The lowest BCUT2D eigenvalue weighted by Crippen LogP contribution is -2.45. The predicted octanol–water partition coefficient (Wildman–Crippen LogP) is 2.63. The van der Waals surface area contributed by atoms with Gasteiger partial charge in [-0.25, -0.2) is 0 Å². The van der Waals surface area contributed by atoms with Crippen LogP contribution in [0, 0.1) is 0 Å². The first-order valence-corrected chi connectivity index (χ1v) is 8.72. The van der Waals surface area contributed by atoms with Gasteiger partial charge in [0.1, 0.15) is 0 Å². The molecule has 0 bridgehead atoms. The predicted molar refractivity (Wildman–Crippen MR) is 96.5 cm³/mol. The topological polar surface area (TPSA) is 22.6 Å². The molecule has 0 aliphatic carbocycles. The Balaban J connectivity index is 1.89. The SMILES string of the molecule is CN1CCN(c2c3c(nc4cc(Cl)ccc24)CCN(C)C3)CC1. The Hall–Kier alpha value is -1.36. The highest BCUT2D eigenvalue weighted by molar-refractivity contribution is 6.31. The Morgan fingerprint density at radius 3 is 2.57 bits per heavy atom. The number of anilines is 1. The van der Waals surface area contributed by atoms with Crippen LogP contribution < -0.4 is 4.90 Å². The number of hydrogen-bond donors (Lipinski definition) is 0. The van der Waals surface area contributed by atoms with Gasteiger partial charge in [-0.1, -0.05) is 11.6 Å². The highest BCUT2D eigenvalue weighted by atomic mass is 35.5. The highest BCUT2D eigenvalue weighted by Crippen LogP contribution is 2.36. The van der Waals surface area contributed by atoms with Crippen molar-refractivity contribution in [1.82, 2.24) is 14.8 Å². The molecule has 1 aromatic heterocycles. The fourth-order valence-electron chi connectivity index (χ4n) is 3.72. The second-order valence-corrected chi connectivity index (χ2v) is 7.26. The molecule has 23 heavy (non-hydrogen) atoms. The van der Waals surface area contributed by atoms with Crippen LogP contribution in [0.1, 0.15) is 11.3 Å². The van der Waals surface area contributed by atoms with Crippen LogP contribution in [-0.4, -0.2) is 61.6 Å². The monoisotopic (exact) mass is 330 g/mol. The van der Waals surface area contributed by atoms with Crippen LogP contribution in [-0.2, 0) is 13.0 Å². The van der Waals surface area contributed by atoms with Crippen molar-refractivity contribution in [3.63, 3.8) is 0 Å². The number of benzene rings is 1. The molecule has 1 saturated heterocycles. The van der Waals surface area contributed by atoms with Crippen LogP contribution in [0.25, 0.3) is 10.9 Å². The molecule has 3 heterocycles. The number of nitrogens with zero attached hydrogens (tertiary/aromatic N) is 4. The molecule has 2 aliphatic heterocycles. The van der Waals surface area contributed by atoms with Gasteiger partial charge in [-0.2, -0.15) is 0 Å². The van der Waals surface area contributed by atoms with E-state index in [1.807, 2.05) is 12.1 Å². The number of hydrogen-bond acceptors (Lipinski definition) is 4. The van der Waals surface area contributed by atoms with Gasteiger partial charge in [-0.05, 0) is 32.3 Å². The second-order valence-electron chi connectivity index (χ2n) is 6.83. The van der Waals surface area contributed by atoms with Gasteiger partial charge in [0.05, 0.1) is 11.2 Å². The van der Waals surface area contributed by atoms with Crippen LogP contribution in [0.3, 0.4) is 0 Å². The van der Waals surface area contributed by atoms with Gasteiger partial charge in [0, 0.05) is 67.4 Å². The molecular formula is C18H23ClN4. The quantitative estimate of drug-likeness (QED) is 0.801. The second kappa shape index (κ2) is 5.93. The average molecular weight is 331 g/mol. The summed E-state index contributed by atoms with van der Waals surface area (Å²) in [5.74, 6) is 0. The number of aromatic nitrogens is 1. The molecule has 4 rings (SSSR count). The van der Waals surface area contributed by atoms with Crippen molar-refractivity contribution in [1.29, 1.82) is 0 Å². The fourth-order valence-corrected chi connectivity index (χ4v) is 3.89. The lowest BCUT2D eigenvalue weighted by atomic mass is 9.99. The van der Waals surface area contributed by atoms with E-state index in [9.17, 15) is 0 Å². The van der Waals surface area contributed by atoms with E-state index in [4.69, 9.17) is 16.6 Å². The van der Waals surface area contributed by atoms with Crippen molar-refractivity contribution >= 4 is 28.2 Å². The minimum atomic E-state index is 0.766. The minimum Gasteiger partial charge on any atom is -0.368 e. The van der Waals surface area contributed by atoms with Gasteiger partial charge in [0.25, 0.3) is 0 Å². The van der Waals surface area contributed by atoms with Crippen LogP contribution >= 0.6 is 11.6 Å². The molecule has 1 aromatic carbocycles. The molecular weight excluding hydrogens is 308 g/mol. The molecule has 0 radical (unpaired) electrons. The summed E-state index contributed by atoms with van der Waals surface area (Å²) in [5.41, 5.74) is 5.10. The Bertz CT molecular complexity index is 737. The van der Waals surface area contributed by atoms with Crippen molar-refractivity contribution in [3.05, 3.63) is 34.5 Å². The number of pyridine rings is 1. The Labute approximate surface area is 142 Å². The Kier molecular flexibility index (Phi) is 3.92. The van der Waals surface area contributed by atoms with Crippen LogP contribution in [0.5, 0.6) is 0 Å². The Morgan fingerprint density at radius 1 is 1.00 bits per heavy atom. The lowest BCUT2D eigenvalue weighted by molar-refractivity contribution is 0.303. The zero-order chi connectivity index (χ0) is 16.0. The third-order valence-corrected chi connectivity index (χ3v) is 5.32. The van der Waals surface area contributed by atoms with Gasteiger partial charge >= 0.3 is 0 Å². The van der Waals surface area contributed by atoms with Gasteiger partial charge in [0.2, 0.25) is 0 Å². The molecule has 0 saturated carbocycles. The summed E-state index contributed by atoms with van der Waals surface area (Å²) in [5, 5.41) is 2.01. The third-order valence-electron chi connectivity index (χ3n) is 5.08. The first-order chi connectivity index (χ1) is 11.1. The summed E-state index contributed by atoms with van der Waals surface area (Å²) in [6.07, 6.45) is 1.02. The maximum Gasteiger partial charge on any atom is 0.0741 e. The lowest BCUT2D eigenvalue weighted by Gasteiger charge is -2.38. The van der Waals surface area contributed by atoms with E-state index >= 15 is 0 Å². The molecule has 2 aliphatic rings. The summed E-state index contributed by atoms with van der Waals surface area (Å²) < 4.78 is 0. The maximum atomic E-state index is 6.21. The fraction of sp³-hybridized carbons (Fsp3) is 0.500. The van der Waals surface area contributed by atoms with Crippen molar-refractivity contribution in [2.45, 2.75) is 13.0 Å². The summed E-state index contributed by atoms with van der Waals surface area (Å²) in [6, 6.07) is 6.15. The molecule has 4 nitrogen and oxygen atoms in total. The molecule has 122 valence electrons. The third kappa shape index (κ3) is 2.80. The molecule has 0 N–H and O–H groups in total. The minimum absolute atomic E-state index is 0.766. The number of fused-ring (bicyclic) bond motifs is 2. The van der Waals surface area contributed by atoms with E-state index in [0.717, 1.165) is 56.2 Å². The average Bonchev–Trinajstić information content (AvgIpc) is 2.54. The van der Waals surface area contributed by atoms with Crippen LogP contribution in [0.15, 0.2) is 18.2 Å². The highest BCUT2D eigenvalue weighted by Gasteiger charge is 2.25. The molecule has 0 unspecified atom stereocenters. The van der Waals surface area contributed by atoms with Crippen molar-refractivity contribution < 1.29 is 0 Å². The van der Waals surface area contributed by atoms with E-state index < -0.39 is 0 Å². The van der Waals surface area contributed by atoms with Crippen molar-refractivity contribution in [3.8, 4) is 0 Å². The number of piperazine rings is 1. The summed E-state index contributed by atoms with van der Waals surface area (Å²) in [7, 11) is 4.40. The zero-order valence-electron chi connectivity index (χ0n) is 13.8. The number of likely N-dealkylation sites (N-methyl/N-ethyl adjacent to an activating group) is 2. The first-order valence-electron chi connectivity index (χ1n) is 8.35. The van der Waals surface area contributed by atoms with Gasteiger partial charge < -0.3 is 14.7 Å². The molecule has 5 heteroatoms. The standard InChI is InChI=1S/C18H23ClN4/c1-21-7-9-23(10-8-21)18-14-4-3-13(19)11-17(14)20-16-5-6-22(2)12-15(16)18/h3-4,11H,5-10,12H2,1-2H3. The van der Waals surface area contributed by atoms with Crippen molar-refractivity contribution in [2.24, 2.45) is 0 Å². The number of rotatable bonds is 1. The summed E-state index contributed by atoms with van der Waals surface area (Å²) >= 11 is 6.21. The molecule has 0 amide bonds. The van der Waals surface area contributed by atoms with Crippen molar-refractivity contribution in [2.75, 3.05) is 51.7 Å². The van der Waals surface area contributed by atoms with E-state index in [2.05, 4.69) is 34.9 Å². The van der Waals surface area contributed by atoms with E-state index in [0.29, 0.717) is 0 Å². The largest absolute Gasteiger partial charge is 0.368 e. The molecule has 0 spiro atoms. The normalized spacial score (nSPS) is 20.0. The summed E-state index contributed by atoms with van der Waals surface area (Å²) in [4.78, 5) is 12.3. The van der Waals surface area contributed by atoms with Gasteiger partial charge in [0.15, 0.2) is 0 Å². The number of halogens is 1. The van der Waals surface area contributed by atoms with Gasteiger partial charge in [-0.15, -0.1) is 0 Å². The first kappa shape index (κ1) is 15.2. The smallest absolute Gasteiger partial charge is 0.0741 e. The summed E-state index contributed by atoms with van der Waals surface area (Å²) in [6.45, 7) is 6.45. The van der Waals surface area contributed by atoms with E-state index in [1.54, 1.807) is 0 Å². The maximum absolute atomic E-state index is 6.21. The van der Waals surface area contributed by atoms with E-state index in [-0.39, 0.29) is 0 Å². The van der Waals surface area contributed by atoms with E-state index in [1.165, 1.54) is 22.3 Å². The Morgan fingerprint density at radius 2 is 1.78 bits per heavy atom. The van der Waals surface area contributed by atoms with Crippen LogP contribution in [0.4, 0.5) is 5.69 Å². The molecule has 0 atom stereocenters. The zero-order valence-corrected chi connectivity index (χ0v) is 14.6. The van der Waals surface area contributed by atoms with Gasteiger partial charge in [-0.3, -0.25) is 4.98 Å². The molecule has 1 fully saturated rings.